The Morgan fingerprint density at radius 3 is 1.06 bits per heavy atom. The highest BCUT2D eigenvalue weighted by Gasteiger charge is 2.49. The molecule has 8 aliphatic heterocycles. The molecule has 4 N–H and O–H groups in total. The highest BCUT2D eigenvalue weighted by molar-refractivity contribution is 6.02. The molecular weight excluding hydrogens is 1580 g/mol. The van der Waals surface area contributed by atoms with E-state index in [-0.39, 0.29) is 94.7 Å². The number of anilines is 4. The second-order valence-electron chi connectivity index (χ2n) is 35.2. The van der Waals surface area contributed by atoms with E-state index in [0.717, 1.165) is 162 Å². The van der Waals surface area contributed by atoms with E-state index >= 15 is 0 Å². The van der Waals surface area contributed by atoms with E-state index < -0.39 is 11.6 Å². The lowest BCUT2D eigenvalue weighted by Crippen LogP contribution is -2.60. The van der Waals surface area contributed by atoms with E-state index in [4.69, 9.17) is 9.97 Å². The number of nitrogens with zero attached hydrogens (tertiary/aromatic N) is 16. The zero-order chi connectivity index (χ0) is 87.2. The molecule has 12 aromatic rings. The van der Waals surface area contributed by atoms with Crippen LogP contribution in [0.25, 0.3) is 45.3 Å². The van der Waals surface area contributed by atoms with E-state index in [2.05, 4.69) is 88.1 Å². The molecule has 0 spiro atoms. The molecule has 12 aliphatic rings. The van der Waals surface area contributed by atoms with Crippen LogP contribution in [-0.4, -0.2) is 178 Å². The fraction of sp³-hybridized carbons (Fsp3) is 0.360. The Morgan fingerprint density at radius 1 is 0.302 bits per heavy atom. The van der Waals surface area contributed by atoms with Crippen LogP contribution in [0.5, 0.6) is 0 Å². The predicted octanol–water partition coefficient (Wildman–Crippen LogP) is 17.3. The maximum atomic E-state index is 14.4. The van der Waals surface area contributed by atoms with Crippen molar-refractivity contribution in [2.24, 2.45) is 23.7 Å². The van der Waals surface area contributed by atoms with Crippen molar-refractivity contribution in [1.29, 1.82) is 0 Å². The average Bonchev–Trinajstić information content (AvgIpc) is 0.772. The van der Waals surface area contributed by atoms with Gasteiger partial charge in [-0.2, -0.15) is 0 Å². The van der Waals surface area contributed by atoms with Gasteiger partial charge in [0.2, 0.25) is 0 Å². The number of fused-ring (bicyclic) bond motifs is 12. The summed E-state index contributed by atoms with van der Waals surface area (Å²) in [7, 11) is 0. The van der Waals surface area contributed by atoms with Crippen molar-refractivity contribution in [1.82, 2.24) is 79.4 Å². The van der Waals surface area contributed by atoms with Crippen molar-refractivity contribution >= 4 is 46.9 Å². The molecule has 0 aromatic carbocycles. The molecule has 4 saturated carbocycles. The Morgan fingerprint density at radius 2 is 0.643 bits per heavy atom. The second-order valence-corrected chi connectivity index (χ2v) is 35.2. The first-order chi connectivity index (χ1) is 61.2. The summed E-state index contributed by atoms with van der Waals surface area (Å²) in [5, 5.41) is 14.3. The van der Waals surface area contributed by atoms with Crippen molar-refractivity contribution < 1.29 is 28.0 Å². The third-order valence-electron chi connectivity index (χ3n) is 26.2. The first-order valence-electron chi connectivity index (χ1n) is 44.1. The molecule has 12 unspecified atom stereocenters. The minimum atomic E-state index is -0.486. The Balaban J connectivity index is 0.000000119. The number of halogens is 2. The molecule has 20 heterocycles. The van der Waals surface area contributed by atoms with Crippen LogP contribution in [0.3, 0.4) is 0 Å². The number of rotatable bonds is 16. The lowest BCUT2D eigenvalue weighted by molar-refractivity contribution is 0.0273. The van der Waals surface area contributed by atoms with Crippen LogP contribution in [-0.2, 0) is 0 Å². The van der Waals surface area contributed by atoms with Crippen molar-refractivity contribution in [3.05, 3.63) is 286 Å². The Kier molecular flexibility index (Phi) is 25.4. The topological polar surface area (TPSA) is 284 Å². The maximum Gasteiger partial charge on any atom is 0.273 e. The number of nitrogens with one attached hydrogen (secondary N) is 4. The Bertz CT molecular complexity index is 5750. The van der Waals surface area contributed by atoms with E-state index in [1.807, 2.05) is 180 Å². The van der Waals surface area contributed by atoms with Crippen LogP contribution in [0.1, 0.15) is 164 Å². The third-order valence-corrected chi connectivity index (χ3v) is 26.2. The number of hydrogen-bond donors (Lipinski definition) is 4. The average molecular weight is 1690 g/mol. The van der Waals surface area contributed by atoms with Crippen LogP contribution in [0.15, 0.2) is 208 Å². The lowest BCUT2D eigenvalue weighted by Gasteiger charge is -2.50. The summed E-state index contributed by atoms with van der Waals surface area (Å²) in [5.74, 6) is 4.09. The number of piperidine rings is 8. The zero-order valence-corrected chi connectivity index (χ0v) is 72.4. The van der Waals surface area contributed by atoms with Gasteiger partial charge in [-0.1, -0.05) is 36.4 Å². The highest BCUT2D eigenvalue weighted by Crippen LogP contribution is 2.44. The quantitative estimate of drug-likeness (QED) is 0.0699. The Hall–Kier alpha value is -13.3. The molecule has 12 aromatic heterocycles. The third kappa shape index (κ3) is 18.7. The van der Waals surface area contributed by atoms with Gasteiger partial charge in [-0.25, -0.2) is 33.7 Å². The van der Waals surface area contributed by atoms with Crippen LogP contribution >= 0.6 is 0 Å². The number of hydrogen-bond acceptors (Lipinski definition) is 20. The molecule has 8 bridgehead atoms. The largest absolute Gasteiger partial charge is 0.365 e. The van der Waals surface area contributed by atoms with Crippen molar-refractivity contribution in [2.45, 2.75) is 181 Å². The predicted molar refractivity (Wildman–Crippen MR) is 483 cm³/mol. The molecule has 4 amide bonds. The summed E-state index contributed by atoms with van der Waals surface area (Å²) in [6.07, 6.45) is 29.8. The molecule has 24 nitrogen and oxygen atoms in total. The molecule has 24 rings (SSSR count). The molecule has 4 aliphatic carbocycles. The first kappa shape index (κ1) is 84.9. The second kappa shape index (κ2) is 37.7. The SMILES string of the molecule is Cc1ccc(NC2CC3CCC2N(C(=O)c2ccc(C)nc2-c2ncccc2C)C3)nc1.Cc1ccc(NC2CC3CCC2N(C(=O)c2cccnc2-c2ncccc2F)C3)nc1.Cc1ccc(NC2CC3CCC2N(C(=O)c2nc(C)ccc2-c2ncccc2C)C3)nc1.Cc1ccc(NC2CC3CCC2N(C(=O)c2ncccc2-c2ncccc2F)C3)nc1. The summed E-state index contributed by atoms with van der Waals surface area (Å²) in [4.78, 5) is 116. The van der Waals surface area contributed by atoms with E-state index in [9.17, 15) is 28.0 Å². The molecule has 26 heteroatoms. The number of carbonyl (C=O) groups excluding carboxylic acids is 4. The van der Waals surface area contributed by atoms with Crippen LogP contribution in [0, 0.1) is 90.7 Å². The van der Waals surface area contributed by atoms with Crippen LogP contribution < -0.4 is 21.3 Å². The van der Waals surface area contributed by atoms with Crippen molar-refractivity contribution in [3.63, 3.8) is 0 Å². The van der Waals surface area contributed by atoms with Crippen molar-refractivity contribution in [2.75, 3.05) is 47.4 Å². The van der Waals surface area contributed by atoms with Gasteiger partial charge in [0.25, 0.3) is 23.6 Å². The number of amides is 4. The minimum absolute atomic E-state index is 0.00631. The van der Waals surface area contributed by atoms with Gasteiger partial charge in [0.1, 0.15) is 63.3 Å². The molecular formula is C100H106F2N20O4. The monoisotopic (exact) mass is 1690 g/mol. The molecule has 12 atom stereocenters. The maximum absolute atomic E-state index is 14.4. The van der Waals surface area contributed by atoms with Crippen LogP contribution in [0.2, 0.25) is 0 Å². The van der Waals surface area contributed by atoms with Gasteiger partial charge in [0, 0.05) is 135 Å². The summed E-state index contributed by atoms with van der Waals surface area (Å²) < 4.78 is 28.8. The summed E-state index contributed by atoms with van der Waals surface area (Å²) in [6.45, 7) is 19.0. The van der Waals surface area contributed by atoms with E-state index in [1.54, 1.807) is 49.1 Å². The van der Waals surface area contributed by atoms with Gasteiger partial charge in [-0.3, -0.25) is 54.1 Å². The minimum Gasteiger partial charge on any atom is -0.365 e. The molecule has 644 valence electrons. The van der Waals surface area contributed by atoms with Gasteiger partial charge < -0.3 is 40.9 Å². The summed E-state index contributed by atoms with van der Waals surface area (Å²) >= 11 is 0. The molecule has 126 heavy (non-hydrogen) atoms. The number of aryl methyl sites for hydroxylation is 8. The van der Waals surface area contributed by atoms with Gasteiger partial charge in [0.05, 0.1) is 46.7 Å². The van der Waals surface area contributed by atoms with E-state index in [0.29, 0.717) is 64.8 Å². The molecule has 12 fully saturated rings. The van der Waals surface area contributed by atoms with Gasteiger partial charge in [0.15, 0.2) is 5.82 Å². The normalized spacial score (nSPS) is 22.2. The lowest BCUT2D eigenvalue weighted by atomic mass is 9.76. The Labute approximate surface area is 733 Å². The molecule has 0 radical (unpaired) electrons. The fourth-order valence-electron chi connectivity index (χ4n) is 19.9. The van der Waals surface area contributed by atoms with Crippen molar-refractivity contribution in [3.8, 4) is 45.3 Å². The number of carbonyl (C=O) groups is 4. The smallest absolute Gasteiger partial charge is 0.273 e. The fourth-order valence-corrected chi connectivity index (χ4v) is 19.9. The highest BCUT2D eigenvalue weighted by atomic mass is 19.1. The number of pyridine rings is 12. The molecule has 8 saturated heterocycles. The van der Waals surface area contributed by atoms with Gasteiger partial charge >= 0.3 is 0 Å². The summed E-state index contributed by atoms with van der Waals surface area (Å²) in [6, 6.07) is 45.5. The number of aromatic nitrogens is 12. The van der Waals surface area contributed by atoms with E-state index in [1.165, 1.54) is 49.5 Å². The first-order valence-corrected chi connectivity index (χ1v) is 44.1. The van der Waals surface area contributed by atoms with Crippen LogP contribution in [0.4, 0.5) is 32.1 Å². The standard InChI is InChI=1S/2C26H29N5O.2C24H24FN5O/c1-16-6-11-23(28-14-16)30-21-13-19-8-10-22(21)31(15-19)26(32)20-9-7-18(3)29-25(20)24-17(2)5-4-12-27-24;1-16-6-11-23(28-14-16)30-21-13-19-8-10-22(21)31(15-19)26(32)25-20(9-7-18(3)29-25)24-17(2)5-4-12-27-24;1-15-6-9-21(28-13-15)29-19-12-16-7-8-20(19)30(14-16)24(31)17-4-2-10-26-22(17)23-18(25)5-3-11-27-23;1-15-6-9-21(28-13-15)29-19-12-16-7-8-20(19)30(14-16)24(31)23-17(4-2-10-27-23)22-18(25)5-3-11-26-22/h2*4-7,9,11-12,14,19,21-22H,8,10,13,15H2,1-3H3,(H,28,30);2*2-6,9-11,13,16,19-20H,7-8,12,14H2,1H3,(H,28,29). The van der Waals surface area contributed by atoms with Gasteiger partial charge in [-0.15, -0.1) is 0 Å². The van der Waals surface area contributed by atoms with Gasteiger partial charge in [-0.05, 0) is 299 Å². The zero-order valence-electron chi connectivity index (χ0n) is 72.4. The summed E-state index contributed by atoms with van der Waals surface area (Å²) in [5.41, 5.74) is 14.1.